The lowest BCUT2D eigenvalue weighted by Crippen LogP contribution is -2.29. The molecule has 1 aromatic carbocycles. The zero-order chi connectivity index (χ0) is 12.8. The van der Waals surface area contributed by atoms with Gasteiger partial charge in [0.25, 0.3) is 0 Å². The first-order valence-electron chi connectivity index (χ1n) is 4.98. The van der Waals surface area contributed by atoms with Gasteiger partial charge >= 0.3 is 0 Å². The monoisotopic (exact) mass is 253 g/mol. The Morgan fingerprint density at radius 2 is 2.18 bits per heavy atom. The molecule has 0 saturated carbocycles. The second-order valence-corrected chi connectivity index (χ2v) is 3.68. The zero-order valence-corrected chi connectivity index (χ0v) is 10.8. The van der Waals surface area contributed by atoms with Gasteiger partial charge in [-0.05, 0) is 31.3 Å². The van der Waals surface area contributed by atoms with Crippen LogP contribution in [0.2, 0.25) is 0 Å². The van der Waals surface area contributed by atoms with Gasteiger partial charge in [0.1, 0.15) is 11.5 Å². The zero-order valence-electron chi connectivity index (χ0n) is 9.94. The number of hydrazone groups is 1. The average molecular weight is 253 g/mol. The van der Waals surface area contributed by atoms with E-state index in [0.29, 0.717) is 22.1 Å². The van der Waals surface area contributed by atoms with Gasteiger partial charge in [-0.25, -0.2) is 0 Å². The number of hydrogen-bond donors (Lipinski definition) is 3. The molecule has 0 fully saturated rings. The van der Waals surface area contributed by atoms with Crippen molar-refractivity contribution in [2.24, 2.45) is 5.10 Å². The molecule has 0 aliphatic carbocycles. The Hall–Kier alpha value is -1.82. The van der Waals surface area contributed by atoms with Gasteiger partial charge in [-0.1, -0.05) is 0 Å². The van der Waals surface area contributed by atoms with E-state index in [0.717, 1.165) is 0 Å². The summed E-state index contributed by atoms with van der Waals surface area (Å²) in [6.45, 7) is 1.77. The molecule has 92 valence electrons. The number of aromatic hydroxyl groups is 1. The standard InChI is InChI=1S/C11H15N3O2S/c1-7(13-14-11(17)12-2)9-5-4-8(16-3)6-10(9)15/h4-6,15H,1-3H3,(H2,12,14,17). The number of ether oxygens (including phenoxy) is 1. The van der Waals surface area contributed by atoms with Crippen molar-refractivity contribution in [2.45, 2.75) is 6.92 Å². The first-order chi connectivity index (χ1) is 8.08. The fourth-order valence-electron chi connectivity index (χ4n) is 1.20. The third-order valence-electron chi connectivity index (χ3n) is 2.15. The highest BCUT2D eigenvalue weighted by molar-refractivity contribution is 7.80. The quantitative estimate of drug-likeness (QED) is 0.429. The smallest absolute Gasteiger partial charge is 0.186 e. The first-order valence-corrected chi connectivity index (χ1v) is 5.38. The van der Waals surface area contributed by atoms with E-state index in [1.165, 1.54) is 6.07 Å². The topological polar surface area (TPSA) is 65.9 Å². The molecule has 1 rings (SSSR count). The Balaban J connectivity index is 2.88. The lowest BCUT2D eigenvalue weighted by atomic mass is 10.1. The lowest BCUT2D eigenvalue weighted by molar-refractivity contribution is 0.407. The van der Waals surface area contributed by atoms with Crippen LogP contribution in [0.4, 0.5) is 0 Å². The van der Waals surface area contributed by atoms with Gasteiger partial charge in [-0.3, -0.25) is 5.43 Å². The molecular formula is C11H15N3O2S. The van der Waals surface area contributed by atoms with Crippen LogP contribution in [0.5, 0.6) is 11.5 Å². The minimum atomic E-state index is 0.114. The van der Waals surface area contributed by atoms with Crippen LogP contribution in [-0.2, 0) is 0 Å². The Morgan fingerprint density at radius 1 is 1.47 bits per heavy atom. The third kappa shape index (κ3) is 3.60. The minimum Gasteiger partial charge on any atom is -0.507 e. The summed E-state index contributed by atoms with van der Waals surface area (Å²) in [6, 6.07) is 5.02. The van der Waals surface area contributed by atoms with Crippen LogP contribution in [0, 0.1) is 0 Å². The highest BCUT2D eigenvalue weighted by Crippen LogP contribution is 2.23. The predicted molar refractivity (Wildman–Crippen MR) is 71.7 cm³/mol. The molecule has 0 heterocycles. The van der Waals surface area contributed by atoms with Gasteiger partial charge < -0.3 is 15.2 Å². The number of phenolic OH excluding ortho intramolecular Hbond substituents is 1. The van der Waals surface area contributed by atoms with Crippen molar-refractivity contribution in [1.82, 2.24) is 10.7 Å². The largest absolute Gasteiger partial charge is 0.507 e. The van der Waals surface area contributed by atoms with Crippen molar-refractivity contribution in [1.29, 1.82) is 0 Å². The van der Waals surface area contributed by atoms with Gasteiger partial charge in [0.05, 0.1) is 12.8 Å². The van der Waals surface area contributed by atoms with Gasteiger partial charge in [0, 0.05) is 18.7 Å². The molecule has 1 aromatic rings. The molecule has 0 spiro atoms. The van der Waals surface area contributed by atoms with Gasteiger partial charge in [-0.2, -0.15) is 5.10 Å². The maximum atomic E-state index is 9.78. The number of nitrogens with one attached hydrogen (secondary N) is 2. The molecule has 17 heavy (non-hydrogen) atoms. The molecule has 0 aliphatic heterocycles. The van der Waals surface area contributed by atoms with Gasteiger partial charge in [0.2, 0.25) is 0 Å². The van der Waals surface area contributed by atoms with E-state index < -0.39 is 0 Å². The maximum absolute atomic E-state index is 9.78. The Morgan fingerprint density at radius 3 is 2.71 bits per heavy atom. The summed E-state index contributed by atoms with van der Waals surface area (Å²) in [7, 11) is 3.24. The van der Waals surface area contributed by atoms with Crippen LogP contribution in [0.15, 0.2) is 23.3 Å². The molecule has 0 amide bonds. The highest BCUT2D eigenvalue weighted by Gasteiger charge is 2.06. The van der Waals surface area contributed by atoms with Crippen molar-refractivity contribution < 1.29 is 9.84 Å². The summed E-state index contributed by atoms with van der Waals surface area (Å²) in [5.41, 5.74) is 3.90. The van der Waals surface area contributed by atoms with Crippen LogP contribution in [-0.4, -0.2) is 30.1 Å². The number of rotatable bonds is 3. The molecule has 0 bridgehead atoms. The molecule has 5 nitrogen and oxygen atoms in total. The van der Waals surface area contributed by atoms with E-state index in [1.54, 1.807) is 33.2 Å². The van der Waals surface area contributed by atoms with E-state index in [9.17, 15) is 5.11 Å². The number of phenols is 1. The summed E-state index contributed by atoms with van der Waals surface area (Å²) >= 11 is 4.88. The number of hydrogen-bond acceptors (Lipinski definition) is 4. The summed E-state index contributed by atoms with van der Waals surface area (Å²) in [6.07, 6.45) is 0. The number of benzene rings is 1. The van der Waals surface area contributed by atoms with Crippen molar-refractivity contribution in [3.05, 3.63) is 23.8 Å². The third-order valence-corrected chi connectivity index (χ3v) is 2.44. The number of methoxy groups -OCH3 is 1. The fourth-order valence-corrected chi connectivity index (χ4v) is 1.24. The molecule has 0 atom stereocenters. The van der Waals surface area contributed by atoms with Crippen LogP contribution in [0.1, 0.15) is 12.5 Å². The van der Waals surface area contributed by atoms with Crippen LogP contribution < -0.4 is 15.5 Å². The molecular weight excluding hydrogens is 238 g/mol. The van der Waals surface area contributed by atoms with E-state index in [-0.39, 0.29) is 5.75 Å². The minimum absolute atomic E-state index is 0.114. The van der Waals surface area contributed by atoms with Crippen LogP contribution in [0.3, 0.4) is 0 Å². The fraction of sp³-hybridized carbons (Fsp3) is 0.273. The second-order valence-electron chi connectivity index (χ2n) is 3.27. The van der Waals surface area contributed by atoms with E-state index >= 15 is 0 Å². The Labute approximate surface area is 105 Å². The molecule has 6 heteroatoms. The lowest BCUT2D eigenvalue weighted by Gasteiger charge is -2.07. The van der Waals surface area contributed by atoms with Crippen LogP contribution in [0.25, 0.3) is 0 Å². The molecule has 0 aromatic heterocycles. The normalized spacial score (nSPS) is 10.9. The molecule has 0 radical (unpaired) electrons. The number of nitrogens with zero attached hydrogens (tertiary/aromatic N) is 1. The van der Waals surface area contributed by atoms with Gasteiger partial charge in [0.15, 0.2) is 5.11 Å². The summed E-state index contributed by atoms with van der Waals surface area (Å²) in [5, 5.41) is 17.0. The van der Waals surface area contributed by atoms with Crippen molar-refractivity contribution in [2.75, 3.05) is 14.2 Å². The van der Waals surface area contributed by atoms with Crippen molar-refractivity contribution >= 4 is 23.0 Å². The Kier molecular flexibility index (Phi) is 4.71. The SMILES string of the molecule is CNC(=S)NN=C(C)c1ccc(OC)cc1O. The summed E-state index contributed by atoms with van der Waals surface area (Å²) < 4.78 is 5.00. The molecule has 0 aliphatic rings. The predicted octanol–water partition coefficient (Wildman–Crippen LogP) is 1.22. The van der Waals surface area contributed by atoms with Crippen molar-refractivity contribution in [3.8, 4) is 11.5 Å². The molecule has 0 saturated heterocycles. The summed E-state index contributed by atoms with van der Waals surface area (Å²) in [4.78, 5) is 0. The maximum Gasteiger partial charge on any atom is 0.186 e. The van der Waals surface area contributed by atoms with E-state index in [4.69, 9.17) is 17.0 Å². The van der Waals surface area contributed by atoms with Crippen LogP contribution >= 0.6 is 12.2 Å². The highest BCUT2D eigenvalue weighted by atomic mass is 32.1. The molecule has 3 N–H and O–H groups in total. The van der Waals surface area contributed by atoms with Crippen molar-refractivity contribution in [3.63, 3.8) is 0 Å². The molecule has 0 unspecified atom stereocenters. The van der Waals surface area contributed by atoms with E-state index in [2.05, 4.69) is 15.8 Å². The average Bonchev–Trinajstić information content (AvgIpc) is 2.35. The van der Waals surface area contributed by atoms with Gasteiger partial charge in [-0.15, -0.1) is 0 Å². The second kappa shape index (κ2) is 6.05. The first kappa shape index (κ1) is 13.2. The van der Waals surface area contributed by atoms with E-state index in [1.807, 2.05) is 0 Å². The Bertz CT molecular complexity index is 446. The summed E-state index contributed by atoms with van der Waals surface area (Å²) in [5.74, 6) is 0.709. The number of thiocarbonyl (C=S) groups is 1.